The number of ether oxygens (including phenoxy) is 1. The van der Waals surface area contributed by atoms with Crippen LogP contribution in [-0.2, 0) is 6.42 Å². The third-order valence-corrected chi connectivity index (χ3v) is 2.73. The van der Waals surface area contributed by atoms with Crippen LogP contribution in [0.5, 0.6) is 5.75 Å². The van der Waals surface area contributed by atoms with Crippen molar-refractivity contribution < 1.29 is 13.9 Å². The monoisotopic (exact) mass is 273 g/mol. The fraction of sp³-hybridized carbons (Fsp3) is 0.312. The van der Waals surface area contributed by atoms with Crippen molar-refractivity contribution >= 4 is 11.6 Å². The molecule has 106 valence electrons. The second kappa shape index (κ2) is 6.28. The second-order valence-electron chi connectivity index (χ2n) is 4.74. The molecule has 0 unspecified atom stereocenters. The quantitative estimate of drug-likeness (QED) is 0.899. The molecule has 1 heterocycles. The molecule has 0 fully saturated rings. The lowest BCUT2D eigenvalue weighted by Crippen LogP contribution is -2.13. The van der Waals surface area contributed by atoms with Crippen LogP contribution in [0.1, 0.15) is 37.1 Å². The van der Waals surface area contributed by atoms with E-state index in [1.807, 2.05) is 45.0 Å². The van der Waals surface area contributed by atoms with Gasteiger partial charge >= 0.3 is 0 Å². The van der Waals surface area contributed by atoms with Gasteiger partial charge in [-0.2, -0.15) is 0 Å². The molecule has 0 aliphatic carbocycles. The Balaban J connectivity index is 2.15. The van der Waals surface area contributed by atoms with Gasteiger partial charge < -0.3 is 14.5 Å². The summed E-state index contributed by atoms with van der Waals surface area (Å²) in [7, 11) is 0. The van der Waals surface area contributed by atoms with E-state index >= 15 is 0 Å². The van der Waals surface area contributed by atoms with Crippen molar-refractivity contribution in [2.75, 3.05) is 5.32 Å². The highest BCUT2D eigenvalue weighted by Gasteiger charge is 2.13. The molecule has 4 nitrogen and oxygen atoms in total. The molecule has 0 aliphatic rings. The largest absolute Gasteiger partial charge is 0.489 e. The zero-order valence-corrected chi connectivity index (χ0v) is 12.0. The number of anilines is 1. The lowest BCUT2D eigenvalue weighted by atomic mass is 10.2. The van der Waals surface area contributed by atoms with E-state index in [0.29, 0.717) is 17.2 Å². The molecule has 0 saturated heterocycles. The Labute approximate surface area is 118 Å². The highest BCUT2D eigenvalue weighted by molar-refractivity contribution is 6.03. The molecule has 0 bridgehead atoms. The maximum absolute atomic E-state index is 12.1. The Bertz CT molecular complexity index is 587. The van der Waals surface area contributed by atoms with E-state index in [1.54, 1.807) is 12.1 Å². The van der Waals surface area contributed by atoms with E-state index in [9.17, 15) is 4.79 Å². The molecule has 0 saturated carbocycles. The van der Waals surface area contributed by atoms with Crippen molar-refractivity contribution in [3.8, 4) is 5.75 Å². The SMILES string of the molecule is CCc1ccc(C(=O)Nc2ccccc2OC(C)C)o1. The number of carbonyl (C=O) groups excluding carboxylic acids is 1. The van der Waals surface area contributed by atoms with Crippen LogP contribution in [0.15, 0.2) is 40.8 Å². The van der Waals surface area contributed by atoms with Crippen LogP contribution < -0.4 is 10.1 Å². The van der Waals surface area contributed by atoms with Gasteiger partial charge in [-0.3, -0.25) is 4.79 Å². The van der Waals surface area contributed by atoms with Crippen molar-refractivity contribution in [3.63, 3.8) is 0 Å². The van der Waals surface area contributed by atoms with E-state index in [-0.39, 0.29) is 12.0 Å². The number of rotatable bonds is 5. The standard InChI is InChI=1S/C16H19NO3/c1-4-12-9-10-15(20-12)16(18)17-13-7-5-6-8-14(13)19-11(2)3/h5-11H,4H2,1-3H3,(H,17,18). The third-order valence-electron chi connectivity index (χ3n) is 2.73. The van der Waals surface area contributed by atoms with Crippen LogP contribution in [0.25, 0.3) is 0 Å². The Morgan fingerprint density at radius 2 is 2.00 bits per heavy atom. The highest BCUT2D eigenvalue weighted by atomic mass is 16.5. The molecule has 0 radical (unpaired) electrons. The third kappa shape index (κ3) is 3.41. The average Bonchev–Trinajstić information content (AvgIpc) is 2.89. The molecular formula is C16H19NO3. The van der Waals surface area contributed by atoms with Crippen molar-refractivity contribution in [3.05, 3.63) is 47.9 Å². The number of amides is 1. The van der Waals surface area contributed by atoms with Gasteiger partial charge in [-0.15, -0.1) is 0 Å². The van der Waals surface area contributed by atoms with Gasteiger partial charge in [0.05, 0.1) is 11.8 Å². The Hall–Kier alpha value is -2.23. The van der Waals surface area contributed by atoms with Crippen LogP contribution in [0.3, 0.4) is 0 Å². The van der Waals surface area contributed by atoms with E-state index in [2.05, 4.69) is 5.32 Å². The van der Waals surface area contributed by atoms with Gasteiger partial charge in [-0.25, -0.2) is 0 Å². The Morgan fingerprint density at radius 3 is 2.65 bits per heavy atom. The zero-order chi connectivity index (χ0) is 14.5. The summed E-state index contributed by atoms with van der Waals surface area (Å²) in [5, 5.41) is 2.81. The van der Waals surface area contributed by atoms with Crippen molar-refractivity contribution in [1.29, 1.82) is 0 Å². The second-order valence-corrected chi connectivity index (χ2v) is 4.74. The first-order valence-electron chi connectivity index (χ1n) is 6.76. The molecule has 20 heavy (non-hydrogen) atoms. The minimum absolute atomic E-state index is 0.0448. The summed E-state index contributed by atoms with van der Waals surface area (Å²) < 4.78 is 11.1. The van der Waals surface area contributed by atoms with Crippen LogP contribution in [0, 0.1) is 0 Å². The van der Waals surface area contributed by atoms with Crippen molar-refractivity contribution in [2.24, 2.45) is 0 Å². The lowest BCUT2D eigenvalue weighted by Gasteiger charge is -2.14. The minimum atomic E-state index is -0.274. The molecular weight excluding hydrogens is 254 g/mol. The first-order valence-corrected chi connectivity index (χ1v) is 6.76. The van der Waals surface area contributed by atoms with Gasteiger partial charge in [-0.1, -0.05) is 19.1 Å². The number of aryl methyl sites for hydroxylation is 1. The maximum Gasteiger partial charge on any atom is 0.291 e. The summed E-state index contributed by atoms with van der Waals surface area (Å²) >= 11 is 0. The normalized spacial score (nSPS) is 10.6. The number of hydrogen-bond donors (Lipinski definition) is 1. The lowest BCUT2D eigenvalue weighted by molar-refractivity contribution is 0.0994. The molecule has 1 aromatic heterocycles. The van der Waals surface area contributed by atoms with E-state index < -0.39 is 0 Å². The summed E-state index contributed by atoms with van der Waals surface area (Å²) in [5.41, 5.74) is 0.639. The first-order chi connectivity index (χ1) is 9.60. The van der Waals surface area contributed by atoms with Crippen LogP contribution in [-0.4, -0.2) is 12.0 Å². The van der Waals surface area contributed by atoms with E-state index in [4.69, 9.17) is 9.15 Å². The molecule has 1 amide bonds. The topological polar surface area (TPSA) is 51.5 Å². The van der Waals surface area contributed by atoms with Crippen LogP contribution in [0.4, 0.5) is 5.69 Å². The summed E-state index contributed by atoms with van der Waals surface area (Å²) in [6, 6.07) is 10.8. The molecule has 1 N–H and O–H groups in total. The highest BCUT2D eigenvalue weighted by Crippen LogP contribution is 2.25. The van der Waals surface area contributed by atoms with Crippen molar-refractivity contribution in [2.45, 2.75) is 33.3 Å². The number of furan rings is 1. The number of para-hydroxylation sites is 2. The summed E-state index contributed by atoms with van der Waals surface area (Å²) in [6.07, 6.45) is 0.809. The van der Waals surface area contributed by atoms with Crippen LogP contribution >= 0.6 is 0 Å². The summed E-state index contributed by atoms with van der Waals surface area (Å²) in [4.78, 5) is 12.1. The summed E-state index contributed by atoms with van der Waals surface area (Å²) in [5.74, 6) is 1.48. The number of benzene rings is 1. The number of nitrogens with one attached hydrogen (secondary N) is 1. The molecule has 0 atom stereocenters. The predicted molar refractivity (Wildman–Crippen MR) is 78.2 cm³/mol. The Morgan fingerprint density at radius 1 is 1.25 bits per heavy atom. The van der Waals surface area contributed by atoms with Gasteiger partial charge in [0, 0.05) is 6.42 Å². The van der Waals surface area contributed by atoms with Crippen LogP contribution in [0.2, 0.25) is 0 Å². The smallest absolute Gasteiger partial charge is 0.291 e. The molecule has 0 aliphatic heterocycles. The number of hydrogen-bond acceptors (Lipinski definition) is 3. The molecule has 4 heteroatoms. The molecule has 1 aromatic carbocycles. The molecule has 2 rings (SSSR count). The zero-order valence-electron chi connectivity index (χ0n) is 12.0. The molecule has 0 spiro atoms. The summed E-state index contributed by atoms with van der Waals surface area (Å²) in [6.45, 7) is 5.86. The van der Waals surface area contributed by atoms with Gasteiger partial charge in [0.1, 0.15) is 11.5 Å². The molecule has 2 aromatic rings. The predicted octanol–water partition coefficient (Wildman–Crippen LogP) is 3.88. The first kappa shape index (κ1) is 14.2. The maximum atomic E-state index is 12.1. The van der Waals surface area contributed by atoms with Gasteiger partial charge in [0.25, 0.3) is 5.91 Å². The fourth-order valence-corrected chi connectivity index (χ4v) is 1.80. The van der Waals surface area contributed by atoms with Gasteiger partial charge in [0.15, 0.2) is 5.76 Å². The van der Waals surface area contributed by atoms with Crippen molar-refractivity contribution in [1.82, 2.24) is 0 Å². The fourth-order valence-electron chi connectivity index (χ4n) is 1.80. The van der Waals surface area contributed by atoms with E-state index in [0.717, 1.165) is 12.2 Å². The minimum Gasteiger partial charge on any atom is -0.489 e. The average molecular weight is 273 g/mol. The van der Waals surface area contributed by atoms with Gasteiger partial charge in [-0.05, 0) is 38.1 Å². The van der Waals surface area contributed by atoms with Gasteiger partial charge in [0.2, 0.25) is 0 Å². The van der Waals surface area contributed by atoms with E-state index in [1.165, 1.54) is 0 Å². The number of carbonyl (C=O) groups is 1. The Kier molecular flexibility index (Phi) is 4.45.